The van der Waals surface area contributed by atoms with Crippen LogP contribution in [0.4, 0.5) is 0 Å². The van der Waals surface area contributed by atoms with Gasteiger partial charge < -0.3 is 4.90 Å². The van der Waals surface area contributed by atoms with Crippen LogP contribution in [-0.2, 0) is 10.5 Å². The minimum absolute atomic E-state index is 0.0607. The first-order valence-corrected chi connectivity index (χ1v) is 8.16. The smallest absolute Gasteiger partial charge is 0.235 e. The average molecular weight is 277 g/mol. The highest BCUT2D eigenvalue weighted by atomic mass is 32.2. The van der Waals surface area contributed by atoms with E-state index in [1.54, 1.807) is 11.8 Å². The molecule has 1 heterocycles. The van der Waals surface area contributed by atoms with Crippen molar-refractivity contribution in [2.75, 3.05) is 13.1 Å². The molecule has 19 heavy (non-hydrogen) atoms. The number of hydrogen-bond donors (Lipinski definition) is 0. The zero-order valence-electron chi connectivity index (χ0n) is 11.8. The fourth-order valence-electron chi connectivity index (χ4n) is 2.51. The van der Waals surface area contributed by atoms with Gasteiger partial charge in [0, 0.05) is 18.8 Å². The summed E-state index contributed by atoms with van der Waals surface area (Å²) in [4.78, 5) is 14.4. The first-order chi connectivity index (χ1) is 9.16. The van der Waals surface area contributed by atoms with Gasteiger partial charge in [-0.2, -0.15) is 0 Å². The third-order valence-electron chi connectivity index (χ3n) is 3.66. The summed E-state index contributed by atoms with van der Waals surface area (Å²) in [5.41, 5.74) is 1.29. The normalized spacial score (nSPS) is 21.2. The van der Waals surface area contributed by atoms with Gasteiger partial charge in [-0.1, -0.05) is 37.3 Å². The molecule has 0 radical (unpaired) electrons. The molecule has 2 atom stereocenters. The van der Waals surface area contributed by atoms with E-state index in [4.69, 9.17) is 0 Å². The van der Waals surface area contributed by atoms with Crippen molar-refractivity contribution in [3.8, 4) is 0 Å². The Bertz CT molecular complexity index is 406. The van der Waals surface area contributed by atoms with Gasteiger partial charge in [0.2, 0.25) is 5.91 Å². The maximum absolute atomic E-state index is 12.4. The van der Waals surface area contributed by atoms with Crippen LogP contribution in [0.1, 0.15) is 32.3 Å². The summed E-state index contributed by atoms with van der Waals surface area (Å²) in [7, 11) is 0. The number of hydrogen-bond acceptors (Lipinski definition) is 2. The molecular weight excluding hydrogens is 254 g/mol. The Kier molecular flexibility index (Phi) is 5.32. The molecule has 0 aromatic heterocycles. The van der Waals surface area contributed by atoms with Crippen LogP contribution in [0, 0.1) is 5.92 Å². The number of thioether (sulfide) groups is 1. The van der Waals surface area contributed by atoms with E-state index in [2.05, 4.69) is 36.1 Å². The number of carbonyl (C=O) groups is 1. The van der Waals surface area contributed by atoms with Gasteiger partial charge >= 0.3 is 0 Å². The number of likely N-dealkylation sites (tertiary alicyclic amines) is 1. The number of nitrogens with zero attached hydrogens (tertiary/aromatic N) is 1. The summed E-state index contributed by atoms with van der Waals surface area (Å²) in [5.74, 6) is 1.88. The molecule has 104 valence electrons. The highest BCUT2D eigenvalue weighted by molar-refractivity contribution is 7.99. The minimum Gasteiger partial charge on any atom is -0.341 e. The van der Waals surface area contributed by atoms with E-state index in [0.29, 0.717) is 11.8 Å². The monoisotopic (exact) mass is 277 g/mol. The molecule has 1 amide bonds. The van der Waals surface area contributed by atoms with Crippen LogP contribution >= 0.6 is 11.8 Å². The van der Waals surface area contributed by atoms with E-state index in [9.17, 15) is 4.79 Å². The van der Waals surface area contributed by atoms with Crippen molar-refractivity contribution in [1.29, 1.82) is 0 Å². The van der Waals surface area contributed by atoms with Gasteiger partial charge in [0.25, 0.3) is 0 Å². The maximum Gasteiger partial charge on any atom is 0.235 e. The molecule has 1 aromatic rings. The van der Waals surface area contributed by atoms with Gasteiger partial charge in [0.1, 0.15) is 0 Å². The fraction of sp³-hybridized carbons (Fsp3) is 0.562. The lowest BCUT2D eigenvalue weighted by Crippen LogP contribution is -2.42. The molecule has 0 saturated carbocycles. The highest BCUT2D eigenvalue weighted by Crippen LogP contribution is 2.22. The van der Waals surface area contributed by atoms with Crippen LogP contribution in [0.5, 0.6) is 0 Å². The molecular formula is C16H23NOS. The van der Waals surface area contributed by atoms with Crippen molar-refractivity contribution >= 4 is 17.7 Å². The number of carbonyl (C=O) groups excluding carboxylic acids is 1. The Morgan fingerprint density at radius 2 is 2.16 bits per heavy atom. The molecule has 1 aliphatic rings. The van der Waals surface area contributed by atoms with E-state index in [0.717, 1.165) is 25.3 Å². The van der Waals surface area contributed by atoms with Crippen molar-refractivity contribution in [2.45, 2.75) is 37.7 Å². The zero-order valence-corrected chi connectivity index (χ0v) is 12.7. The predicted octanol–water partition coefficient (Wildman–Crippen LogP) is 3.57. The first-order valence-electron chi connectivity index (χ1n) is 7.11. The topological polar surface area (TPSA) is 20.3 Å². The fourth-order valence-corrected chi connectivity index (χ4v) is 3.44. The standard InChI is InChI=1S/C16H23NOS/c1-13-7-6-10-17(11-13)16(18)14(2)19-12-15-8-4-3-5-9-15/h3-5,8-9,13-14H,6-7,10-12H2,1-2H3. The predicted molar refractivity (Wildman–Crippen MR) is 82.2 cm³/mol. The lowest BCUT2D eigenvalue weighted by atomic mass is 10.0. The Morgan fingerprint density at radius 1 is 1.42 bits per heavy atom. The van der Waals surface area contributed by atoms with Crippen LogP contribution in [0.15, 0.2) is 30.3 Å². The van der Waals surface area contributed by atoms with Crippen molar-refractivity contribution in [1.82, 2.24) is 4.90 Å². The number of benzene rings is 1. The molecule has 0 N–H and O–H groups in total. The Labute approximate surface area is 120 Å². The van der Waals surface area contributed by atoms with Crippen LogP contribution in [0.25, 0.3) is 0 Å². The van der Waals surface area contributed by atoms with Gasteiger partial charge in [0.15, 0.2) is 0 Å². The second-order valence-corrected chi connectivity index (χ2v) is 6.80. The van der Waals surface area contributed by atoms with Gasteiger partial charge in [-0.25, -0.2) is 0 Å². The number of amides is 1. The zero-order chi connectivity index (χ0) is 13.7. The lowest BCUT2D eigenvalue weighted by Gasteiger charge is -2.32. The summed E-state index contributed by atoms with van der Waals surface area (Å²) in [6, 6.07) is 10.4. The van der Waals surface area contributed by atoms with E-state index < -0.39 is 0 Å². The summed E-state index contributed by atoms with van der Waals surface area (Å²) in [6.45, 7) is 6.16. The molecule has 2 unspecified atom stereocenters. The van der Waals surface area contributed by atoms with E-state index in [1.807, 2.05) is 13.0 Å². The van der Waals surface area contributed by atoms with Crippen LogP contribution in [-0.4, -0.2) is 29.1 Å². The molecule has 2 rings (SSSR count). The molecule has 0 bridgehead atoms. The maximum atomic E-state index is 12.4. The Balaban J connectivity index is 1.82. The molecule has 3 heteroatoms. The number of piperidine rings is 1. The van der Waals surface area contributed by atoms with Gasteiger partial charge in [-0.3, -0.25) is 4.79 Å². The largest absolute Gasteiger partial charge is 0.341 e. The quantitative estimate of drug-likeness (QED) is 0.838. The molecule has 0 spiro atoms. The highest BCUT2D eigenvalue weighted by Gasteiger charge is 2.24. The summed E-state index contributed by atoms with van der Waals surface area (Å²) in [6.07, 6.45) is 2.41. The van der Waals surface area contributed by atoms with Crippen molar-refractivity contribution in [2.24, 2.45) is 5.92 Å². The molecule has 0 aliphatic carbocycles. The Morgan fingerprint density at radius 3 is 2.84 bits per heavy atom. The SMILES string of the molecule is CC1CCCN(C(=O)C(C)SCc2ccccc2)C1. The third-order valence-corrected chi connectivity index (χ3v) is 4.86. The first kappa shape index (κ1) is 14.4. The van der Waals surface area contributed by atoms with Crippen LogP contribution in [0.3, 0.4) is 0 Å². The van der Waals surface area contributed by atoms with Gasteiger partial charge in [-0.05, 0) is 31.2 Å². The summed E-state index contributed by atoms with van der Waals surface area (Å²) < 4.78 is 0. The van der Waals surface area contributed by atoms with E-state index >= 15 is 0 Å². The van der Waals surface area contributed by atoms with Gasteiger partial charge in [-0.15, -0.1) is 11.8 Å². The van der Waals surface area contributed by atoms with E-state index in [-0.39, 0.29) is 5.25 Å². The van der Waals surface area contributed by atoms with E-state index in [1.165, 1.54) is 12.0 Å². The molecule has 2 nitrogen and oxygen atoms in total. The van der Waals surface area contributed by atoms with Crippen LogP contribution in [0.2, 0.25) is 0 Å². The molecule has 1 aromatic carbocycles. The molecule has 1 fully saturated rings. The van der Waals surface area contributed by atoms with Crippen LogP contribution < -0.4 is 0 Å². The minimum atomic E-state index is 0.0607. The second-order valence-electron chi connectivity index (χ2n) is 5.47. The lowest BCUT2D eigenvalue weighted by molar-refractivity contribution is -0.131. The number of rotatable bonds is 4. The Hall–Kier alpha value is -0.960. The van der Waals surface area contributed by atoms with Crippen molar-refractivity contribution in [3.63, 3.8) is 0 Å². The molecule has 1 aliphatic heterocycles. The second kappa shape index (κ2) is 6.99. The summed E-state index contributed by atoms with van der Waals surface area (Å²) >= 11 is 1.74. The average Bonchev–Trinajstić information content (AvgIpc) is 2.45. The summed E-state index contributed by atoms with van der Waals surface area (Å²) in [5, 5.41) is 0.0607. The van der Waals surface area contributed by atoms with Gasteiger partial charge in [0.05, 0.1) is 5.25 Å². The van der Waals surface area contributed by atoms with Crippen molar-refractivity contribution in [3.05, 3.63) is 35.9 Å². The third kappa shape index (κ3) is 4.27. The van der Waals surface area contributed by atoms with Crippen molar-refractivity contribution < 1.29 is 4.79 Å². The molecule has 1 saturated heterocycles.